The van der Waals surface area contributed by atoms with Gasteiger partial charge in [0, 0.05) is 11.3 Å². The van der Waals surface area contributed by atoms with Crippen molar-refractivity contribution in [1.82, 2.24) is 26.1 Å². The van der Waals surface area contributed by atoms with Crippen molar-refractivity contribution in [2.75, 3.05) is 0 Å². The first-order chi connectivity index (χ1) is 13.6. The third-order valence-corrected chi connectivity index (χ3v) is 4.83. The average molecular weight is 378 g/mol. The van der Waals surface area contributed by atoms with E-state index in [2.05, 4.69) is 26.5 Å². The fourth-order valence-electron chi connectivity index (χ4n) is 3.50. The number of nitrogens with zero attached hydrogens (tertiary/aromatic N) is 3. The number of hydrazine groups is 1. The Morgan fingerprint density at radius 3 is 2.82 bits per heavy atom. The number of aryl methyl sites for hydroxylation is 1. The molecule has 8 nitrogen and oxygen atoms in total. The fraction of sp³-hybridized carbons (Fsp3) is 0.250. The maximum Gasteiger partial charge on any atom is 0.258 e. The van der Waals surface area contributed by atoms with Gasteiger partial charge in [-0.1, -0.05) is 18.2 Å². The minimum absolute atomic E-state index is 0.0118. The lowest BCUT2D eigenvalue weighted by atomic mass is 10.00. The van der Waals surface area contributed by atoms with Gasteiger partial charge in [-0.15, -0.1) is 0 Å². The molecule has 2 atom stereocenters. The Bertz CT molecular complexity index is 978. The summed E-state index contributed by atoms with van der Waals surface area (Å²) >= 11 is 0. The van der Waals surface area contributed by atoms with Crippen LogP contribution in [0.5, 0.6) is 0 Å². The summed E-state index contributed by atoms with van der Waals surface area (Å²) in [6, 6.07) is 13.1. The van der Waals surface area contributed by atoms with E-state index >= 15 is 0 Å². The number of carbonyl (C=O) groups excluding carboxylic acids is 1. The third kappa shape index (κ3) is 3.60. The lowest BCUT2D eigenvalue weighted by molar-refractivity contribution is -0.122. The van der Waals surface area contributed by atoms with Gasteiger partial charge >= 0.3 is 0 Å². The Hall–Kier alpha value is -3.23. The Balaban J connectivity index is 1.44. The number of carbonyl (C=O) groups is 1. The molecule has 0 bridgehead atoms. The second kappa shape index (κ2) is 7.79. The van der Waals surface area contributed by atoms with Gasteiger partial charge < -0.3 is 4.42 Å². The minimum Gasteiger partial charge on any atom is -0.463 e. The largest absolute Gasteiger partial charge is 0.463 e. The molecule has 3 heterocycles. The molecule has 1 aliphatic heterocycles. The molecule has 2 aromatic heterocycles. The van der Waals surface area contributed by atoms with E-state index in [1.165, 1.54) is 6.21 Å². The summed E-state index contributed by atoms with van der Waals surface area (Å²) in [6.07, 6.45) is 3.62. The van der Waals surface area contributed by atoms with Crippen LogP contribution in [-0.4, -0.2) is 27.9 Å². The van der Waals surface area contributed by atoms with E-state index in [-0.39, 0.29) is 11.9 Å². The Labute approximate surface area is 162 Å². The second-order valence-corrected chi connectivity index (χ2v) is 6.71. The second-order valence-electron chi connectivity index (χ2n) is 6.71. The van der Waals surface area contributed by atoms with Crippen molar-refractivity contribution in [3.63, 3.8) is 0 Å². The van der Waals surface area contributed by atoms with E-state index in [0.717, 1.165) is 22.6 Å². The van der Waals surface area contributed by atoms with Crippen LogP contribution in [0.1, 0.15) is 35.2 Å². The first kappa shape index (κ1) is 18.1. The highest BCUT2D eigenvalue weighted by molar-refractivity contribution is 5.84. The number of nitrogens with one attached hydrogen (secondary N) is 3. The van der Waals surface area contributed by atoms with Crippen LogP contribution in [-0.2, 0) is 4.79 Å². The van der Waals surface area contributed by atoms with E-state index in [1.807, 2.05) is 48.9 Å². The van der Waals surface area contributed by atoms with Crippen molar-refractivity contribution >= 4 is 12.1 Å². The molecule has 28 heavy (non-hydrogen) atoms. The van der Waals surface area contributed by atoms with E-state index in [1.54, 1.807) is 18.4 Å². The zero-order valence-electron chi connectivity index (χ0n) is 15.7. The van der Waals surface area contributed by atoms with Crippen molar-refractivity contribution in [3.05, 3.63) is 71.4 Å². The molecule has 0 spiro atoms. The summed E-state index contributed by atoms with van der Waals surface area (Å²) < 4.78 is 7.08. The normalized spacial score (nSPS) is 19.4. The number of hydrogen-bond acceptors (Lipinski definition) is 6. The van der Waals surface area contributed by atoms with E-state index in [9.17, 15) is 4.79 Å². The molecule has 3 aromatic rings. The number of rotatable bonds is 5. The highest BCUT2D eigenvalue weighted by Crippen LogP contribution is 2.29. The van der Waals surface area contributed by atoms with Crippen LogP contribution in [0.15, 0.2) is 58.2 Å². The highest BCUT2D eigenvalue weighted by Gasteiger charge is 2.33. The number of para-hydroxylation sites is 1. The van der Waals surface area contributed by atoms with Crippen LogP contribution in [0.2, 0.25) is 0 Å². The van der Waals surface area contributed by atoms with Crippen LogP contribution >= 0.6 is 0 Å². The molecule has 2 unspecified atom stereocenters. The predicted octanol–water partition coefficient (Wildman–Crippen LogP) is 2.14. The SMILES string of the molecule is Cc1nn(-c2ccccc2)c(C)c1C1CC(C(=O)N/N=C/c2ccco2)NN1. The van der Waals surface area contributed by atoms with Gasteiger partial charge in [-0.05, 0) is 44.5 Å². The van der Waals surface area contributed by atoms with Crippen LogP contribution in [0.3, 0.4) is 0 Å². The highest BCUT2D eigenvalue weighted by atomic mass is 16.3. The zero-order chi connectivity index (χ0) is 19.5. The molecule has 1 amide bonds. The summed E-state index contributed by atoms with van der Waals surface area (Å²) in [5.74, 6) is 0.374. The van der Waals surface area contributed by atoms with Gasteiger partial charge in [0.25, 0.3) is 5.91 Å². The standard InChI is InChI=1S/C20H22N6O2/c1-13-19(14(2)26(25-13)15-7-4-3-5-8-15)17-11-18(23-22-17)20(27)24-21-12-16-9-6-10-28-16/h3-10,12,17-18,22-23H,11H2,1-2H3,(H,24,27)/b21-12+. The summed E-state index contributed by atoms with van der Waals surface area (Å²) in [5, 5.41) is 8.62. The molecule has 3 N–H and O–H groups in total. The van der Waals surface area contributed by atoms with Crippen LogP contribution in [0.4, 0.5) is 0 Å². The number of aromatic nitrogens is 2. The quantitative estimate of drug-likeness (QED) is 0.467. The minimum atomic E-state index is -0.391. The maximum absolute atomic E-state index is 12.4. The lowest BCUT2D eigenvalue weighted by Gasteiger charge is -2.11. The van der Waals surface area contributed by atoms with Gasteiger partial charge in [0.1, 0.15) is 11.8 Å². The molecule has 144 valence electrons. The van der Waals surface area contributed by atoms with Crippen molar-refractivity contribution in [2.24, 2.45) is 5.10 Å². The summed E-state index contributed by atoms with van der Waals surface area (Å²) in [7, 11) is 0. The van der Waals surface area contributed by atoms with E-state index < -0.39 is 6.04 Å². The molecule has 0 saturated carbocycles. The molecule has 1 aliphatic rings. The van der Waals surface area contributed by atoms with Gasteiger partial charge in [0.05, 0.1) is 29.9 Å². The van der Waals surface area contributed by atoms with Crippen molar-refractivity contribution in [2.45, 2.75) is 32.4 Å². The molecular weight excluding hydrogens is 356 g/mol. The summed E-state index contributed by atoms with van der Waals surface area (Å²) in [5.41, 5.74) is 12.9. The number of benzene rings is 1. The first-order valence-corrected chi connectivity index (χ1v) is 9.12. The lowest BCUT2D eigenvalue weighted by Crippen LogP contribution is -2.41. The average Bonchev–Trinajstić information content (AvgIpc) is 3.43. The molecular formula is C20H22N6O2. The van der Waals surface area contributed by atoms with Gasteiger partial charge in [-0.25, -0.2) is 21.0 Å². The topological polar surface area (TPSA) is 96.5 Å². The van der Waals surface area contributed by atoms with Crippen molar-refractivity contribution in [1.29, 1.82) is 0 Å². The molecule has 1 saturated heterocycles. The maximum atomic E-state index is 12.4. The van der Waals surface area contributed by atoms with Crippen LogP contribution in [0.25, 0.3) is 5.69 Å². The van der Waals surface area contributed by atoms with Crippen LogP contribution in [0, 0.1) is 13.8 Å². The third-order valence-electron chi connectivity index (χ3n) is 4.83. The number of hydrazone groups is 1. The monoisotopic (exact) mass is 378 g/mol. The Morgan fingerprint density at radius 2 is 2.07 bits per heavy atom. The molecule has 8 heteroatoms. The van der Waals surface area contributed by atoms with Gasteiger partial charge in [-0.3, -0.25) is 4.79 Å². The smallest absolute Gasteiger partial charge is 0.258 e. The fourth-order valence-corrected chi connectivity index (χ4v) is 3.50. The number of amides is 1. The van der Waals surface area contributed by atoms with Gasteiger partial charge in [-0.2, -0.15) is 10.2 Å². The van der Waals surface area contributed by atoms with E-state index in [0.29, 0.717) is 12.2 Å². The Morgan fingerprint density at radius 1 is 1.25 bits per heavy atom. The molecule has 0 aliphatic carbocycles. The number of furan rings is 1. The van der Waals surface area contributed by atoms with E-state index in [4.69, 9.17) is 4.42 Å². The van der Waals surface area contributed by atoms with Crippen molar-refractivity contribution in [3.8, 4) is 5.69 Å². The Kier molecular flexibility index (Phi) is 5.05. The molecule has 1 aromatic carbocycles. The number of hydrogen-bond donors (Lipinski definition) is 3. The van der Waals surface area contributed by atoms with Gasteiger partial charge in [0.2, 0.25) is 0 Å². The molecule has 0 radical (unpaired) electrons. The first-order valence-electron chi connectivity index (χ1n) is 9.12. The predicted molar refractivity (Wildman–Crippen MR) is 105 cm³/mol. The van der Waals surface area contributed by atoms with Crippen LogP contribution < -0.4 is 16.3 Å². The molecule has 4 rings (SSSR count). The van der Waals surface area contributed by atoms with Crippen molar-refractivity contribution < 1.29 is 9.21 Å². The van der Waals surface area contributed by atoms with Gasteiger partial charge in [0.15, 0.2) is 0 Å². The summed E-state index contributed by atoms with van der Waals surface area (Å²) in [4.78, 5) is 12.4. The summed E-state index contributed by atoms with van der Waals surface area (Å²) in [6.45, 7) is 4.04. The zero-order valence-corrected chi connectivity index (χ0v) is 15.7. The molecule has 1 fully saturated rings.